The second-order valence-electron chi connectivity index (χ2n) is 8.94. The molecule has 5 nitrogen and oxygen atoms in total. The molecule has 1 heterocycles. The highest BCUT2D eigenvalue weighted by Gasteiger charge is 2.66. The van der Waals surface area contributed by atoms with E-state index in [0.29, 0.717) is 11.8 Å². The number of likely N-dealkylation sites (tertiary alicyclic amines) is 1. The van der Waals surface area contributed by atoms with E-state index in [4.69, 9.17) is 0 Å². The molecule has 0 aromatic heterocycles. The Morgan fingerprint density at radius 1 is 1.00 bits per heavy atom. The molecule has 0 spiro atoms. The molecule has 29 heavy (non-hydrogen) atoms. The van der Waals surface area contributed by atoms with E-state index in [1.54, 1.807) is 0 Å². The number of allylic oxidation sites excluding steroid dienone is 2. The van der Waals surface area contributed by atoms with E-state index in [9.17, 15) is 14.4 Å². The molecule has 6 atom stereocenters. The molecular weight excluding hydrogens is 364 g/mol. The van der Waals surface area contributed by atoms with Gasteiger partial charge in [-0.2, -0.15) is 0 Å². The van der Waals surface area contributed by atoms with Gasteiger partial charge in [0.2, 0.25) is 17.7 Å². The smallest absolute Gasteiger partial charge is 0.233 e. The molecule has 5 aliphatic rings. The Morgan fingerprint density at radius 3 is 2.07 bits per heavy atom. The Labute approximate surface area is 171 Å². The Hall–Kier alpha value is -2.43. The van der Waals surface area contributed by atoms with Crippen LogP contribution in [0.25, 0.3) is 0 Å². The number of benzene rings is 1. The van der Waals surface area contributed by atoms with Gasteiger partial charge in [-0.05, 0) is 54.1 Å². The standard InChI is InChI=1S/C24H28N2O3/c1-3-13-6-5-7-14(4-2)22(13)25-19(27)10-11-26-23(28)20-15-8-9-16(18-12-17(15)18)21(20)24(26)29/h5-9,15-18,20-21H,3-4,10-12H2,1-2H3,(H,25,27)/t15-,16-,17-,18+,20-,21+/m0/s1. The van der Waals surface area contributed by atoms with Gasteiger partial charge in [0.15, 0.2) is 0 Å². The van der Waals surface area contributed by atoms with Gasteiger partial charge in [-0.15, -0.1) is 0 Å². The van der Waals surface area contributed by atoms with Crippen molar-refractivity contribution in [1.29, 1.82) is 0 Å². The zero-order valence-corrected chi connectivity index (χ0v) is 17.1. The Balaban J connectivity index is 1.26. The lowest BCUT2D eigenvalue weighted by molar-refractivity contribution is -0.140. The van der Waals surface area contributed by atoms with Gasteiger partial charge < -0.3 is 5.32 Å². The second kappa shape index (κ2) is 6.82. The van der Waals surface area contributed by atoms with Crippen LogP contribution in [0.4, 0.5) is 5.69 Å². The monoisotopic (exact) mass is 392 g/mol. The van der Waals surface area contributed by atoms with Gasteiger partial charge in [-0.25, -0.2) is 0 Å². The second-order valence-corrected chi connectivity index (χ2v) is 8.94. The van der Waals surface area contributed by atoms with Crippen LogP contribution in [0.5, 0.6) is 0 Å². The van der Waals surface area contributed by atoms with Crippen LogP contribution in [0.1, 0.15) is 37.8 Å². The third-order valence-electron chi connectivity index (χ3n) is 7.58. The zero-order chi connectivity index (χ0) is 20.3. The van der Waals surface area contributed by atoms with E-state index in [-0.39, 0.29) is 54.4 Å². The van der Waals surface area contributed by atoms with E-state index in [1.807, 2.05) is 18.2 Å². The number of hydrogen-bond donors (Lipinski definition) is 1. The number of aryl methyl sites for hydroxylation is 2. The molecule has 2 bridgehead atoms. The van der Waals surface area contributed by atoms with Gasteiger partial charge in [0.25, 0.3) is 0 Å². The van der Waals surface area contributed by atoms with Crippen molar-refractivity contribution in [3.8, 4) is 0 Å². The summed E-state index contributed by atoms with van der Waals surface area (Å²) in [6.07, 6.45) is 7.34. The number of para-hydroxylation sites is 1. The molecule has 2 saturated carbocycles. The summed E-state index contributed by atoms with van der Waals surface area (Å²) in [4.78, 5) is 40.1. The normalized spacial score (nSPS) is 33.7. The van der Waals surface area contributed by atoms with E-state index >= 15 is 0 Å². The summed E-state index contributed by atoms with van der Waals surface area (Å²) in [7, 11) is 0. The maximum atomic E-state index is 13.0. The highest BCUT2D eigenvalue weighted by Crippen LogP contribution is 2.65. The predicted molar refractivity (Wildman–Crippen MR) is 110 cm³/mol. The van der Waals surface area contributed by atoms with Gasteiger partial charge in [0.05, 0.1) is 11.8 Å². The molecule has 3 amide bonds. The maximum Gasteiger partial charge on any atom is 0.233 e. The summed E-state index contributed by atoms with van der Waals surface area (Å²) >= 11 is 0. The van der Waals surface area contributed by atoms with Crippen molar-refractivity contribution in [2.24, 2.45) is 35.5 Å². The fourth-order valence-electron chi connectivity index (χ4n) is 6.06. The molecule has 1 aromatic rings. The van der Waals surface area contributed by atoms with Crippen molar-refractivity contribution in [3.63, 3.8) is 0 Å². The highest BCUT2D eigenvalue weighted by molar-refractivity contribution is 6.06. The molecule has 5 heteroatoms. The molecule has 1 saturated heterocycles. The van der Waals surface area contributed by atoms with E-state index in [1.165, 1.54) is 4.90 Å². The molecule has 3 fully saturated rings. The lowest BCUT2D eigenvalue weighted by Gasteiger charge is -2.37. The van der Waals surface area contributed by atoms with Crippen molar-refractivity contribution >= 4 is 23.4 Å². The quantitative estimate of drug-likeness (QED) is 0.597. The molecule has 1 N–H and O–H groups in total. The van der Waals surface area contributed by atoms with E-state index in [0.717, 1.165) is 36.1 Å². The Kier molecular flexibility index (Phi) is 4.37. The van der Waals surface area contributed by atoms with Crippen molar-refractivity contribution in [3.05, 3.63) is 41.5 Å². The number of nitrogens with one attached hydrogen (secondary N) is 1. The number of imide groups is 1. The van der Waals surface area contributed by atoms with Crippen LogP contribution in [0.3, 0.4) is 0 Å². The molecule has 1 aliphatic heterocycles. The third-order valence-corrected chi connectivity index (χ3v) is 7.58. The first-order valence-electron chi connectivity index (χ1n) is 11.0. The van der Waals surface area contributed by atoms with Gasteiger partial charge in [0.1, 0.15) is 0 Å². The van der Waals surface area contributed by atoms with E-state index in [2.05, 4.69) is 31.3 Å². The topological polar surface area (TPSA) is 66.5 Å². The lowest BCUT2D eigenvalue weighted by atomic mass is 9.63. The summed E-state index contributed by atoms with van der Waals surface area (Å²) in [6.45, 7) is 4.32. The zero-order valence-electron chi connectivity index (χ0n) is 17.1. The number of carbonyl (C=O) groups is 3. The van der Waals surface area contributed by atoms with Crippen LogP contribution in [-0.4, -0.2) is 29.2 Å². The first-order chi connectivity index (χ1) is 14.0. The molecule has 1 aromatic carbocycles. The Morgan fingerprint density at radius 2 is 1.55 bits per heavy atom. The van der Waals surface area contributed by atoms with Crippen LogP contribution < -0.4 is 5.32 Å². The molecule has 0 unspecified atom stereocenters. The van der Waals surface area contributed by atoms with Crippen LogP contribution in [0.15, 0.2) is 30.4 Å². The van der Waals surface area contributed by atoms with Gasteiger partial charge >= 0.3 is 0 Å². The number of hydrogen-bond acceptors (Lipinski definition) is 3. The highest BCUT2D eigenvalue weighted by atomic mass is 16.2. The molecule has 4 aliphatic carbocycles. The minimum Gasteiger partial charge on any atom is -0.326 e. The van der Waals surface area contributed by atoms with Crippen LogP contribution in [0.2, 0.25) is 0 Å². The van der Waals surface area contributed by atoms with Crippen LogP contribution in [0, 0.1) is 35.5 Å². The lowest BCUT2D eigenvalue weighted by Crippen LogP contribution is -2.40. The SMILES string of the molecule is CCc1cccc(CC)c1NC(=O)CCN1C(=O)[C@@H]2[C@H]3C=C[C@@H]([C@@H]4C[C@H]34)[C@@H]2C1=O. The van der Waals surface area contributed by atoms with E-state index < -0.39 is 0 Å². The number of nitrogens with zero attached hydrogens (tertiary/aromatic N) is 1. The average Bonchev–Trinajstić information content (AvgIpc) is 3.51. The van der Waals surface area contributed by atoms with Crippen molar-refractivity contribution in [1.82, 2.24) is 4.90 Å². The third kappa shape index (κ3) is 2.77. The summed E-state index contributed by atoms with van der Waals surface area (Å²) in [5.41, 5.74) is 3.11. The average molecular weight is 392 g/mol. The summed E-state index contributed by atoms with van der Waals surface area (Å²) in [6, 6.07) is 6.08. The fourth-order valence-corrected chi connectivity index (χ4v) is 6.06. The van der Waals surface area contributed by atoms with Crippen LogP contribution >= 0.6 is 0 Å². The number of amides is 3. The summed E-state index contributed by atoms with van der Waals surface area (Å²) < 4.78 is 0. The van der Waals surface area contributed by atoms with Crippen molar-refractivity contribution in [2.45, 2.75) is 39.5 Å². The van der Waals surface area contributed by atoms with Crippen molar-refractivity contribution in [2.75, 3.05) is 11.9 Å². The summed E-state index contributed by atoms with van der Waals surface area (Å²) in [5, 5.41) is 3.04. The minimum atomic E-state index is -0.183. The minimum absolute atomic E-state index is 0.0549. The molecule has 0 radical (unpaired) electrons. The van der Waals surface area contributed by atoms with Gasteiger partial charge in [-0.3, -0.25) is 19.3 Å². The number of rotatable bonds is 6. The molecular formula is C24H28N2O3. The van der Waals surface area contributed by atoms with Crippen LogP contribution in [-0.2, 0) is 27.2 Å². The summed E-state index contributed by atoms with van der Waals surface area (Å²) in [5.74, 6) is 1.05. The molecule has 6 rings (SSSR count). The van der Waals surface area contributed by atoms with Crippen molar-refractivity contribution < 1.29 is 14.4 Å². The largest absolute Gasteiger partial charge is 0.326 e. The number of carbonyl (C=O) groups excluding carboxylic acids is 3. The number of anilines is 1. The predicted octanol–water partition coefficient (Wildman–Crippen LogP) is 3.19. The maximum absolute atomic E-state index is 13.0. The first kappa shape index (κ1) is 18.6. The fraction of sp³-hybridized carbons (Fsp3) is 0.542. The van der Waals surface area contributed by atoms with Gasteiger partial charge in [-0.1, -0.05) is 44.2 Å². The Bertz CT molecular complexity index is 862. The first-order valence-corrected chi connectivity index (χ1v) is 11.0. The van der Waals surface area contributed by atoms with Gasteiger partial charge in [0, 0.05) is 18.7 Å². The molecule has 152 valence electrons.